The van der Waals surface area contributed by atoms with Gasteiger partial charge in [0.15, 0.2) is 0 Å². The highest BCUT2D eigenvalue weighted by Crippen LogP contribution is 2.02. The molecule has 1 atom stereocenters. The monoisotopic (exact) mass is 236 g/mol. The number of carbonyl (C=O) groups excluding carboxylic acids is 1. The van der Waals surface area contributed by atoms with Crippen LogP contribution in [0, 0.1) is 0 Å². The number of unbranched alkanes of at least 4 members (excludes halogenated alkanes) is 1. The number of nitrogens with zero attached hydrogens (tertiary/aromatic N) is 1. The van der Waals surface area contributed by atoms with Gasteiger partial charge >= 0.3 is 5.97 Å². The van der Waals surface area contributed by atoms with Gasteiger partial charge in [0.05, 0.1) is 5.56 Å². The van der Waals surface area contributed by atoms with Crippen molar-refractivity contribution in [3.05, 3.63) is 30.1 Å². The van der Waals surface area contributed by atoms with E-state index in [-0.39, 0.29) is 12.1 Å². The second kappa shape index (κ2) is 7.79. The fourth-order valence-electron chi connectivity index (χ4n) is 1.39. The molecule has 1 heterocycles. The van der Waals surface area contributed by atoms with Gasteiger partial charge in [-0.05, 0) is 32.0 Å². The van der Waals surface area contributed by atoms with E-state index in [0.29, 0.717) is 12.1 Å². The van der Waals surface area contributed by atoms with Crippen molar-refractivity contribution in [1.82, 2.24) is 10.3 Å². The van der Waals surface area contributed by atoms with Gasteiger partial charge in [0.1, 0.15) is 6.10 Å². The first-order valence-electron chi connectivity index (χ1n) is 6.05. The topological polar surface area (TPSA) is 51.2 Å². The Hall–Kier alpha value is -1.42. The third kappa shape index (κ3) is 5.45. The number of hydrogen-bond donors (Lipinski definition) is 1. The van der Waals surface area contributed by atoms with Gasteiger partial charge in [-0.15, -0.1) is 0 Å². The highest BCUT2D eigenvalue weighted by molar-refractivity contribution is 5.89. The predicted molar refractivity (Wildman–Crippen MR) is 66.9 cm³/mol. The number of ether oxygens (including phenoxy) is 1. The lowest BCUT2D eigenvalue weighted by molar-refractivity contribution is 0.0342. The van der Waals surface area contributed by atoms with Gasteiger partial charge in [-0.25, -0.2) is 4.79 Å². The van der Waals surface area contributed by atoms with Crippen LogP contribution in [0.25, 0.3) is 0 Å². The number of hydrogen-bond acceptors (Lipinski definition) is 4. The van der Waals surface area contributed by atoms with Gasteiger partial charge in [-0.1, -0.05) is 13.3 Å². The standard InChI is InChI=1S/C13H20N2O2/c1-3-4-7-15-10-11(2)17-13(16)12-5-8-14-9-6-12/h5-6,8-9,11,15H,3-4,7,10H2,1-2H3. The van der Waals surface area contributed by atoms with Crippen molar-refractivity contribution in [1.29, 1.82) is 0 Å². The Labute approximate surface area is 102 Å². The van der Waals surface area contributed by atoms with Crippen LogP contribution in [0.15, 0.2) is 24.5 Å². The van der Waals surface area contributed by atoms with Crippen LogP contribution < -0.4 is 5.32 Å². The van der Waals surface area contributed by atoms with Crippen molar-refractivity contribution >= 4 is 5.97 Å². The van der Waals surface area contributed by atoms with E-state index >= 15 is 0 Å². The van der Waals surface area contributed by atoms with Crippen LogP contribution in [0.3, 0.4) is 0 Å². The van der Waals surface area contributed by atoms with Gasteiger partial charge in [0.25, 0.3) is 0 Å². The molecule has 17 heavy (non-hydrogen) atoms. The van der Waals surface area contributed by atoms with Crippen molar-refractivity contribution in [3.8, 4) is 0 Å². The first-order chi connectivity index (χ1) is 8.24. The number of esters is 1. The molecule has 0 bridgehead atoms. The summed E-state index contributed by atoms with van der Waals surface area (Å²) in [6.45, 7) is 5.69. The lowest BCUT2D eigenvalue weighted by Gasteiger charge is -2.13. The molecule has 1 aromatic rings. The average molecular weight is 236 g/mol. The van der Waals surface area contributed by atoms with E-state index in [1.807, 2.05) is 6.92 Å². The Balaban J connectivity index is 2.26. The summed E-state index contributed by atoms with van der Waals surface area (Å²) in [6, 6.07) is 3.30. The Bertz CT molecular complexity index is 327. The van der Waals surface area contributed by atoms with Crippen LogP contribution in [0.2, 0.25) is 0 Å². The third-order valence-corrected chi connectivity index (χ3v) is 2.36. The first kappa shape index (κ1) is 13.6. The lowest BCUT2D eigenvalue weighted by Crippen LogP contribution is -2.29. The summed E-state index contributed by atoms with van der Waals surface area (Å²) in [6.07, 6.45) is 5.36. The maximum atomic E-state index is 11.7. The summed E-state index contributed by atoms with van der Waals surface area (Å²) in [5.74, 6) is -0.294. The second-order valence-corrected chi connectivity index (χ2v) is 4.01. The van der Waals surface area contributed by atoms with Gasteiger partial charge < -0.3 is 10.1 Å². The molecule has 0 amide bonds. The number of nitrogens with one attached hydrogen (secondary N) is 1. The van der Waals surface area contributed by atoms with Crippen LogP contribution in [0.4, 0.5) is 0 Å². The number of carbonyl (C=O) groups is 1. The minimum absolute atomic E-state index is 0.118. The molecule has 4 nitrogen and oxygen atoms in total. The van der Waals surface area contributed by atoms with Crippen molar-refractivity contribution in [2.75, 3.05) is 13.1 Å². The van der Waals surface area contributed by atoms with Crippen molar-refractivity contribution in [2.45, 2.75) is 32.8 Å². The van der Waals surface area contributed by atoms with E-state index in [1.165, 1.54) is 0 Å². The highest BCUT2D eigenvalue weighted by atomic mass is 16.5. The molecule has 0 aromatic carbocycles. The molecule has 4 heteroatoms. The number of pyridine rings is 1. The maximum Gasteiger partial charge on any atom is 0.338 e. The molecule has 0 spiro atoms. The molecular formula is C13H20N2O2. The van der Waals surface area contributed by atoms with Gasteiger partial charge in [-0.2, -0.15) is 0 Å². The van der Waals surface area contributed by atoms with E-state index in [0.717, 1.165) is 19.4 Å². The minimum Gasteiger partial charge on any atom is -0.458 e. The molecule has 0 aliphatic carbocycles. The fraction of sp³-hybridized carbons (Fsp3) is 0.538. The van der Waals surface area contributed by atoms with E-state index in [1.54, 1.807) is 24.5 Å². The summed E-state index contributed by atoms with van der Waals surface area (Å²) in [5, 5.41) is 3.25. The molecule has 94 valence electrons. The van der Waals surface area contributed by atoms with Crippen LogP contribution in [0.5, 0.6) is 0 Å². The van der Waals surface area contributed by atoms with E-state index in [9.17, 15) is 4.79 Å². The molecule has 1 N–H and O–H groups in total. The Morgan fingerprint density at radius 3 is 2.82 bits per heavy atom. The summed E-state index contributed by atoms with van der Waals surface area (Å²) in [4.78, 5) is 15.5. The smallest absolute Gasteiger partial charge is 0.338 e. The molecular weight excluding hydrogens is 216 g/mol. The molecule has 0 fully saturated rings. The highest BCUT2D eigenvalue weighted by Gasteiger charge is 2.10. The Morgan fingerprint density at radius 1 is 1.47 bits per heavy atom. The SMILES string of the molecule is CCCCNCC(C)OC(=O)c1ccncc1. The lowest BCUT2D eigenvalue weighted by atomic mass is 10.3. The normalized spacial score (nSPS) is 12.1. The first-order valence-corrected chi connectivity index (χ1v) is 6.05. The quantitative estimate of drug-likeness (QED) is 0.581. The maximum absolute atomic E-state index is 11.7. The van der Waals surface area contributed by atoms with E-state index in [2.05, 4.69) is 17.2 Å². The largest absolute Gasteiger partial charge is 0.458 e. The van der Waals surface area contributed by atoms with Crippen LogP contribution in [0.1, 0.15) is 37.0 Å². The third-order valence-electron chi connectivity index (χ3n) is 2.36. The second-order valence-electron chi connectivity index (χ2n) is 4.01. The molecule has 0 saturated carbocycles. The van der Waals surface area contributed by atoms with Crippen LogP contribution >= 0.6 is 0 Å². The fourth-order valence-corrected chi connectivity index (χ4v) is 1.39. The Kier molecular flexibility index (Phi) is 6.25. The molecule has 0 aliphatic heterocycles. The summed E-state index contributed by atoms with van der Waals surface area (Å²) < 4.78 is 5.29. The van der Waals surface area contributed by atoms with Gasteiger partial charge in [-0.3, -0.25) is 4.98 Å². The minimum atomic E-state index is -0.294. The predicted octanol–water partition coefficient (Wildman–Crippen LogP) is 2.02. The van der Waals surface area contributed by atoms with Gasteiger partial charge in [0, 0.05) is 18.9 Å². The van der Waals surface area contributed by atoms with Crippen LogP contribution in [-0.4, -0.2) is 30.1 Å². The zero-order chi connectivity index (χ0) is 12.5. The average Bonchev–Trinajstić information content (AvgIpc) is 2.36. The molecule has 0 aliphatic rings. The number of aromatic nitrogens is 1. The zero-order valence-electron chi connectivity index (χ0n) is 10.5. The summed E-state index contributed by atoms with van der Waals surface area (Å²) in [5.41, 5.74) is 0.542. The van der Waals surface area contributed by atoms with Crippen molar-refractivity contribution < 1.29 is 9.53 Å². The van der Waals surface area contributed by atoms with E-state index < -0.39 is 0 Å². The summed E-state index contributed by atoms with van der Waals surface area (Å²) in [7, 11) is 0. The molecule has 0 radical (unpaired) electrons. The van der Waals surface area contributed by atoms with Crippen molar-refractivity contribution in [2.24, 2.45) is 0 Å². The molecule has 0 saturated heterocycles. The zero-order valence-corrected chi connectivity index (χ0v) is 10.5. The summed E-state index contributed by atoms with van der Waals surface area (Å²) >= 11 is 0. The molecule has 1 unspecified atom stereocenters. The van der Waals surface area contributed by atoms with Crippen LogP contribution in [-0.2, 0) is 4.74 Å². The van der Waals surface area contributed by atoms with Crippen molar-refractivity contribution in [3.63, 3.8) is 0 Å². The number of rotatable bonds is 7. The molecule has 1 aromatic heterocycles. The van der Waals surface area contributed by atoms with Gasteiger partial charge in [0.2, 0.25) is 0 Å². The Morgan fingerprint density at radius 2 is 2.18 bits per heavy atom. The van der Waals surface area contributed by atoms with E-state index in [4.69, 9.17) is 4.74 Å². The molecule has 1 rings (SSSR count).